The van der Waals surface area contributed by atoms with E-state index >= 15 is 0 Å². The summed E-state index contributed by atoms with van der Waals surface area (Å²) in [5.41, 5.74) is 1.87. The van der Waals surface area contributed by atoms with Gasteiger partial charge in [-0.2, -0.15) is 8.42 Å². The third-order valence-corrected chi connectivity index (χ3v) is 3.72. The number of anilines is 2. The van der Waals surface area contributed by atoms with Crippen LogP contribution in [0.3, 0.4) is 0 Å². The molecule has 4 N–H and O–H groups in total. The average molecular weight is 271 g/mol. The average Bonchev–Trinajstić information content (AvgIpc) is 2.71. The van der Waals surface area contributed by atoms with Gasteiger partial charge in [-0.15, -0.1) is 0 Å². The van der Waals surface area contributed by atoms with Gasteiger partial charge in [-0.3, -0.25) is 4.72 Å². The summed E-state index contributed by atoms with van der Waals surface area (Å²) < 4.78 is 27.1. The van der Waals surface area contributed by atoms with Crippen LogP contribution in [-0.2, 0) is 21.4 Å². The zero-order valence-corrected chi connectivity index (χ0v) is 10.4. The molecule has 0 spiro atoms. The lowest BCUT2D eigenvalue weighted by Crippen LogP contribution is -2.26. The maximum absolute atomic E-state index is 11.3. The highest BCUT2D eigenvalue weighted by molar-refractivity contribution is 7.90. The van der Waals surface area contributed by atoms with Crippen molar-refractivity contribution in [3.05, 3.63) is 23.8 Å². The molecule has 0 saturated carbocycles. The van der Waals surface area contributed by atoms with Crippen LogP contribution >= 0.6 is 0 Å². The second-order valence-electron chi connectivity index (χ2n) is 3.92. The van der Waals surface area contributed by atoms with Gasteiger partial charge in [0.1, 0.15) is 6.04 Å². The fourth-order valence-electron chi connectivity index (χ4n) is 1.77. The Labute approximate surface area is 104 Å². The van der Waals surface area contributed by atoms with E-state index in [0.29, 0.717) is 17.8 Å². The van der Waals surface area contributed by atoms with Crippen LogP contribution in [0, 0.1) is 0 Å². The van der Waals surface area contributed by atoms with Gasteiger partial charge < -0.3 is 10.4 Å². The number of aliphatic carboxylic acids is 1. The Morgan fingerprint density at radius 3 is 2.83 bits per heavy atom. The summed E-state index contributed by atoms with van der Waals surface area (Å²) in [4.78, 5) is 10.8. The molecular weight excluding hydrogens is 258 g/mol. The number of nitrogens with one attached hydrogen (secondary N) is 3. The largest absolute Gasteiger partial charge is 0.480 e. The van der Waals surface area contributed by atoms with Gasteiger partial charge in [0, 0.05) is 19.2 Å². The van der Waals surface area contributed by atoms with Crippen LogP contribution in [0.4, 0.5) is 11.4 Å². The van der Waals surface area contributed by atoms with Gasteiger partial charge in [-0.1, -0.05) is 6.07 Å². The zero-order valence-electron chi connectivity index (χ0n) is 9.60. The highest BCUT2D eigenvalue weighted by Gasteiger charge is 2.26. The molecule has 1 unspecified atom stereocenters. The SMILES string of the molecule is CNS(=O)(=O)Nc1ccc2c(c1)NC(C(=O)O)C2. The summed E-state index contributed by atoms with van der Waals surface area (Å²) in [6.45, 7) is 0. The van der Waals surface area contributed by atoms with E-state index in [1.165, 1.54) is 7.05 Å². The minimum Gasteiger partial charge on any atom is -0.480 e. The van der Waals surface area contributed by atoms with E-state index < -0.39 is 22.2 Å². The summed E-state index contributed by atoms with van der Waals surface area (Å²) in [6.07, 6.45) is 0.393. The molecule has 1 aliphatic heterocycles. The first-order valence-electron chi connectivity index (χ1n) is 5.25. The van der Waals surface area contributed by atoms with Crippen molar-refractivity contribution in [2.45, 2.75) is 12.5 Å². The van der Waals surface area contributed by atoms with Crippen molar-refractivity contribution < 1.29 is 18.3 Å². The molecule has 8 heteroatoms. The predicted octanol–water partition coefficient (Wildman–Crippen LogP) is -0.0161. The normalized spacial score (nSPS) is 17.9. The molecule has 0 aromatic heterocycles. The van der Waals surface area contributed by atoms with Crippen molar-refractivity contribution in [1.82, 2.24) is 4.72 Å². The first kappa shape index (κ1) is 12.7. The van der Waals surface area contributed by atoms with Gasteiger partial charge in [-0.25, -0.2) is 9.52 Å². The summed E-state index contributed by atoms with van der Waals surface area (Å²) in [5, 5.41) is 11.7. The Hall–Kier alpha value is -1.80. The third kappa shape index (κ3) is 2.54. The number of hydrogen-bond donors (Lipinski definition) is 4. The fourth-order valence-corrected chi connectivity index (χ4v) is 2.31. The van der Waals surface area contributed by atoms with Crippen molar-refractivity contribution in [2.24, 2.45) is 0 Å². The Morgan fingerprint density at radius 2 is 2.22 bits per heavy atom. The van der Waals surface area contributed by atoms with E-state index in [-0.39, 0.29) is 0 Å². The molecule has 1 heterocycles. The maximum Gasteiger partial charge on any atom is 0.326 e. The number of carboxylic acids is 1. The molecule has 1 atom stereocenters. The molecule has 98 valence electrons. The van der Waals surface area contributed by atoms with Gasteiger partial charge in [0.15, 0.2) is 0 Å². The van der Waals surface area contributed by atoms with Crippen LogP contribution in [0.25, 0.3) is 0 Å². The number of carbonyl (C=O) groups is 1. The molecule has 0 saturated heterocycles. The number of hydrogen-bond acceptors (Lipinski definition) is 4. The van der Waals surface area contributed by atoms with Crippen LogP contribution in [0.2, 0.25) is 0 Å². The second kappa shape index (κ2) is 4.46. The molecule has 0 aliphatic carbocycles. The quantitative estimate of drug-likeness (QED) is 0.616. The van der Waals surface area contributed by atoms with E-state index in [1.54, 1.807) is 18.2 Å². The highest BCUT2D eigenvalue weighted by atomic mass is 32.2. The molecule has 1 aromatic carbocycles. The van der Waals surface area contributed by atoms with Crippen LogP contribution in [-0.4, -0.2) is 32.6 Å². The Bertz CT molecular complexity index is 585. The predicted molar refractivity (Wildman–Crippen MR) is 66.8 cm³/mol. The van der Waals surface area contributed by atoms with E-state index in [0.717, 1.165) is 5.56 Å². The van der Waals surface area contributed by atoms with Crippen LogP contribution in [0.15, 0.2) is 18.2 Å². The van der Waals surface area contributed by atoms with E-state index in [9.17, 15) is 13.2 Å². The fraction of sp³-hybridized carbons (Fsp3) is 0.300. The monoisotopic (exact) mass is 271 g/mol. The van der Waals surface area contributed by atoms with Crippen molar-refractivity contribution in [3.8, 4) is 0 Å². The molecule has 18 heavy (non-hydrogen) atoms. The molecule has 0 amide bonds. The van der Waals surface area contributed by atoms with Gasteiger partial charge in [0.05, 0.1) is 5.69 Å². The van der Waals surface area contributed by atoms with Gasteiger partial charge in [0.2, 0.25) is 0 Å². The van der Waals surface area contributed by atoms with Gasteiger partial charge >= 0.3 is 5.97 Å². The van der Waals surface area contributed by atoms with Gasteiger partial charge in [0.25, 0.3) is 10.2 Å². The maximum atomic E-state index is 11.3. The van der Waals surface area contributed by atoms with Gasteiger partial charge in [-0.05, 0) is 17.7 Å². The second-order valence-corrected chi connectivity index (χ2v) is 5.54. The van der Waals surface area contributed by atoms with Crippen molar-refractivity contribution in [1.29, 1.82) is 0 Å². The number of fused-ring (bicyclic) bond motifs is 1. The lowest BCUT2D eigenvalue weighted by Gasteiger charge is -2.08. The summed E-state index contributed by atoms with van der Waals surface area (Å²) in [7, 11) is -2.26. The summed E-state index contributed by atoms with van der Waals surface area (Å²) in [6, 6.07) is 4.22. The lowest BCUT2D eigenvalue weighted by molar-refractivity contribution is -0.137. The minimum absolute atomic E-state index is 0.377. The smallest absolute Gasteiger partial charge is 0.326 e. The summed E-state index contributed by atoms with van der Waals surface area (Å²) in [5.74, 6) is -0.927. The standard InChI is InChI=1S/C10H13N3O4S/c1-11-18(16,17)13-7-3-2-6-4-9(10(14)15)12-8(6)5-7/h2-3,5,9,11-13H,4H2,1H3,(H,14,15). The molecule has 1 aliphatic rings. The van der Waals surface area contributed by atoms with E-state index in [2.05, 4.69) is 14.8 Å². The molecule has 0 fully saturated rings. The van der Waals surface area contributed by atoms with Crippen LogP contribution < -0.4 is 14.8 Å². The highest BCUT2D eigenvalue weighted by Crippen LogP contribution is 2.29. The number of benzene rings is 1. The molecule has 1 aromatic rings. The Kier molecular flexibility index (Phi) is 3.14. The Balaban J connectivity index is 2.21. The molecule has 0 bridgehead atoms. The molecular formula is C10H13N3O4S. The van der Waals surface area contributed by atoms with E-state index in [4.69, 9.17) is 5.11 Å². The lowest BCUT2D eigenvalue weighted by atomic mass is 10.1. The number of rotatable bonds is 4. The third-order valence-electron chi connectivity index (χ3n) is 2.68. The van der Waals surface area contributed by atoms with Crippen molar-refractivity contribution in [3.63, 3.8) is 0 Å². The molecule has 0 radical (unpaired) electrons. The first-order valence-corrected chi connectivity index (χ1v) is 6.73. The zero-order chi connectivity index (χ0) is 13.3. The first-order chi connectivity index (χ1) is 8.41. The molecule has 7 nitrogen and oxygen atoms in total. The molecule has 2 rings (SSSR count). The van der Waals surface area contributed by atoms with E-state index in [1.807, 2.05) is 0 Å². The number of carboxylic acid groups (broad SMARTS) is 1. The van der Waals surface area contributed by atoms with Crippen molar-refractivity contribution >= 4 is 27.6 Å². The summed E-state index contributed by atoms with van der Waals surface area (Å²) >= 11 is 0. The van der Waals surface area contributed by atoms with Crippen LogP contribution in [0.1, 0.15) is 5.56 Å². The minimum atomic E-state index is -3.56. The topological polar surface area (TPSA) is 108 Å². The Morgan fingerprint density at radius 1 is 1.50 bits per heavy atom. The van der Waals surface area contributed by atoms with Crippen molar-refractivity contribution in [2.75, 3.05) is 17.1 Å². The van der Waals surface area contributed by atoms with Crippen LogP contribution in [0.5, 0.6) is 0 Å².